The fraction of sp³-hybridized carbons (Fsp3) is 1.00. The lowest BCUT2D eigenvalue weighted by Crippen LogP contribution is -2.29. The molecule has 0 aliphatic rings. The molecule has 6 atom stereocenters. The molecule has 0 bridgehead atoms. The van der Waals surface area contributed by atoms with E-state index in [1.807, 2.05) is 0 Å². The highest BCUT2D eigenvalue weighted by Gasteiger charge is 2.32. The van der Waals surface area contributed by atoms with Gasteiger partial charge in [-0.05, 0) is 220 Å². The van der Waals surface area contributed by atoms with Crippen LogP contribution >= 0.6 is 0 Å². The van der Waals surface area contributed by atoms with E-state index in [1.165, 1.54) is 205 Å². The monoisotopic (exact) mass is 1960 g/mol. The maximum Gasteiger partial charge on any atom is -0.0306 e. The van der Waals surface area contributed by atoms with Gasteiger partial charge < -0.3 is 0 Å². The van der Waals surface area contributed by atoms with Crippen molar-refractivity contribution in [2.24, 2.45) is 163 Å². The molecule has 0 rings (SSSR count). The molecule has 6 unspecified atom stereocenters. The van der Waals surface area contributed by atoms with Crippen molar-refractivity contribution in [1.82, 2.24) is 0 Å². The van der Waals surface area contributed by atoms with E-state index in [0.29, 0.717) is 97.5 Å². The molecule has 0 N–H and O–H groups in total. The molecule has 0 heterocycles. The molecule has 0 amide bonds. The topological polar surface area (TPSA) is 0 Å². The number of hydrogen-bond donors (Lipinski definition) is 0. The van der Waals surface area contributed by atoms with E-state index >= 15 is 0 Å². The zero-order valence-corrected chi connectivity index (χ0v) is 115. The largest absolute Gasteiger partial charge is 0.0654 e. The molecule has 0 aromatic carbocycles. The highest BCUT2D eigenvalue weighted by atomic mass is 14.4. The van der Waals surface area contributed by atoms with Gasteiger partial charge >= 0.3 is 0 Å². The van der Waals surface area contributed by atoms with Crippen LogP contribution in [0.4, 0.5) is 0 Å². The van der Waals surface area contributed by atoms with Crippen molar-refractivity contribution in [3.05, 3.63) is 0 Å². The van der Waals surface area contributed by atoms with Crippen LogP contribution in [0.1, 0.15) is 739 Å². The lowest BCUT2D eigenvalue weighted by molar-refractivity contribution is 0.119. The molecule has 0 saturated heterocycles. The van der Waals surface area contributed by atoms with Crippen molar-refractivity contribution in [3.63, 3.8) is 0 Å². The molecule has 0 aliphatic carbocycles. The zero-order valence-electron chi connectivity index (χ0n) is 115. The van der Waals surface area contributed by atoms with Crippen LogP contribution in [0.2, 0.25) is 0 Å². The van der Waals surface area contributed by atoms with Gasteiger partial charge in [-0.3, -0.25) is 0 Å². The minimum atomic E-state index is 0.437. The first-order valence-corrected chi connectivity index (χ1v) is 60.4. The van der Waals surface area contributed by atoms with Gasteiger partial charge in [0.25, 0.3) is 0 Å². The Balaban J connectivity index is -0.0000000904. The van der Waals surface area contributed by atoms with E-state index in [4.69, 9.17) is 0 Å². The van der Waals surface area contributed by atoms with Crippen LogP contribution in [0.5, 0.6) is 0 Å². The predicted molar refractivity (Wildman–Crippen MR) is 667 cm³/mol. The third-order valence-corrected chi connectivity index (χ3v) is 28.8. The molecule has 0 aliphatic heterocycles. The minimum absolute atomic E-state index is 0.437. The van der Waals surface area contributed by atoms with E-state index in [9.17, 15) is 0 Å². The molecule has 858 valence electrons. The number of hydrogen-bond acceptors (Lipinski definition) is 0. The second-order valence-corrected chi connectivity index (χ2v) is 66.2. The Bertz CT molecular complexity index is 2370. The van der Waals surface area contributed by atoms with Gasteiger partial charge in [0.2, 0.25) is 0 Å². The van der Waals surface area contributed by atoms with Crippen molar-refractivity contribution >= 4 is 0 Å². The molecule has 0 aromatic heterocycles. The standard InChI is InChI=1S/7C10H22.4C9H20.4C8H18/c1-8(2)7-9(3)10(4,5)6;1-9(2)7-6-8-10(3,4)5;1-7-8-10(5,6)9(2,3)4;1-7-9(8(2)3)10(4,5)6;1-6-7-8-9(2)10(3,4)5;1-6-8-9(7-2)10(3,4)5;1-5-6-7-8-9-10(2,3)4;1-8(2,3)7-9(4,5)6;1-8(2)6-7-9(3,4)5;1-6-7-8(2)9(3,4)5;1-5-6-7-8-9(2,3)4;1-7(2)6-8(3,4)5;1-7(2,3)8(4,5)6;1-6-7(2)8(3,4)5;1-5-6-7-8(2,3)4/h8-9H,7H2,1-6H3;9H,6-8H2,1-5H3;7-8H2,1-6H3;8-9H,7H2,1-6H3;2*9H,6-8H2,1-5H3;5-9H2,1-4H3;7H2,1-6H3;2*8H,6-7H2,1-5H3;5-8H2,1-4H3;7H,6H2,1-5H3;1-6H3;7H,6H2,1-5H3;5-7H2,1-4H3. The molecular formula is C138H306. The van der Waals surface area contributed by atoms with E-state index in [0.717, 1.165) is 65.1 Å². The first-order chi connectivity index (χ1) is 60.4. The van der Waals surface area contributed by atoms with Crippen molar-refractivity contribution < 1.29 is 0 Å². The van der Waals surface area contributed by atoms with E-state index < -0.39 is 0 Å². The van der Waals surface area contributed by atoms with E-state index in [2.05, 4.69) is 533 Å². The molecule has 0 spiro atoms. The summed E-state index contributed by atoms with van der Waals surface area (Å²) in [4.78, 5) is 0. The summed E-state index contributed by atoms with van der Waals surface area (Å²) >= 11 is 0. The maximum absolute atomic E-state index is 2.36. The van der Waals surface area contributed by atoms with Crippen molar-refractivity contribution in [1.29, 1.82) is 0 Å². The summed E-state index contributed by atoms with van der Waals surface area (Å²) in [6, 6.07) is 0. The van der Waals surface area contributed by atoms with Crippen LogP contribution in [0.25, 0.3) is 0 Å². The average molecular weight is 1970 g/mol. The van der Waals surface area contributed by atoms with Gasteiger partial charge in [0, 0.05) is 0 Å². The van der Waals surface area contributed by atoms with Crippen molar-refractivity contribution in [2.45, 2.75) is 739 Å². The maximum atomic E-state index is 2.36. The molecule has 0 nitrogen and oxygen atoms in total. The Morgan fingerprint density at radius 1 is 0.174 bits per heavy atom. The summed E-state index contributed by atoms with van der Waals surface area (Å²) in [6.07, 6.45) is 43.5. The fourth-order valence-electron chi connectivity index (χ4n) is 15.4. The lowest BCUT2D eigenvalue weighted by atomic mass is 9.67. The first-order valence-electron chi connectivity index (χ1n) is 60.4. The van der Waals surface area contributed by atoms with Crippen LogP contribution in [0.3, 0.4) is 0 Å². The SMILES string of the molecule is CC(C)(C)C(C)(C)C.CC(C)(C)CC(C)(C)C.CC(C)CC(C)(C)C.CC(C)CC(C)C(C)(C)C.CC(C)CCC(C)(C)C.CC(C)CCCC(C)(C)C.CCC(C(C)C)C(C)(C)C.CCC(C)C(C)(C)C.CCCC(C)(C)C(C)(C)C.CCCC(C)C(C)(C)C.CCCC(CC)C(C)(C)C.CCCCC(C)(C)C.CCCCC(C)C(C)(C)C.CCCCCC(C)(C)C.CCCCCCC(C)(C)C. The van der Waals surface area contributed by atoms with Crippen LogP contribution in [0.15, 0.2) is 0 Å². The summed E-state index contributed by atoms with van der Waals surface area (Å²) < 4.78 is 0. The second-order valence-electron chi connectivity index (χ2n) is 66.2. The fourth-order valence-corrected chi connectivity index (χ4v) is 15.4. The normalized spacial score (nSPS) is 14.0. The van der Waals surface area contributed by atoms with Crippen LogP contribution < -0.4 is 0 Å². The molecule has 0 heteroatoms. The van der Waals surface area contributed by atoms with Gasteiger partial charge in [0.15, 0.2) is 0 Å². The van der Waals surface area contributed by atoms with Gasteiger partial charge in [-0.2, -0.15) is 0 Å². The Morgan fingerprint density at radius 3 is 0.601 bits per heavy atom. The molecule has 138 heavy (non-hydrogen) atoms. The molecule has 0 aromatic rings. The van der Waals surface area contributed by atoms with Crippen LogP contribution in [-0.2, 0) is 0 Å². The highest BCUT2D eigenvalue weighted by Crippen LogP contribution is 2.43. The van der Waals surface area contributed by atoms with Gasteiger partial charge in [-0.1, -0.05) is 681 Å². The van der Waals surface area contributed by atoms with Gasteiger partial charge in [0.1, 0.15) is 0 Å². The Hall–Kier alpha value is 0. The Kier molecular flexibility index (Phi) is 105. The Labute approximate surface area is 895 Å². The summed E-state index contributed by atoms with van der Waals surface area (Å²) in [5.74, 6) is 9.45. The lowest BCUT2D eigenvalue weighted by Gasteiger charge is -2.38. The third kappa shape index (κ3) is 161. The summed E-state index contributed by atoms with van der Waals surface area (Å²) in [5, 5.41) is 0. The summed E-state index contributed by atoms with van der Waals surface area (Å²) in [7, 11) is 0. The van der Waals surface area contributed by atoms with Crippen molar-refractivity contribution in [3.8, 4) is 0 Å². The van der Waals surface area contributed by atoms with Gasteiger partial charge in [0.05, 0.1) is 0 Å². The first kappa shape index (κ1) is 171. The van der Waals surface area contributed by atoms with Crippen molar-refractivity contribution in [2.75, 3.05) is 0 Å². The summed E-state index contributed by atoms with van der Waals surface area (Å²) in [6.45, 7) is 177. The molecule has 0 saturated carbocycles. The number of unbranched alkanes of at least 4 members (excludes halogenated alkanes) is 7. The third-order valence-electron chi connectivity index (χ3n) is 28.8. The van der Waals surface area contributed by atoms with E-state index in [1.54, 1.807) is 0 Å². The molecular weight excluding hydrogens is 1660 g/mol. The highest BCUT2D eigenvalue weighted by molar-refractivity contribution is 4.83. The molecule has 0 radical (unpaired) electrons. The Morgan fingerprint density at radius 2 is 0.471 bits per heavy atom. The smallest absolute Gasteiger partial charge is 0.0306 e. The average Bonchev–Trinajstić information content (AvgIpc) is 0.836. The zero-order chi connectivity index (χ0) is 115. The number of rotatable bonds is 30. The van der Waals surface area contributed by atoms with Gasteiger partial charge in [-0.15, -0.1) is 0 Å². The summed E-state index contributed by atoms with van der Waals surface area (Å²) in [5.41, 5.74) is 9.05. The van der Waals surface area contributed by atoms with Gasteiger partial charge in [-0.25, -0.2) is 0 Å². The quantitative estimate of drug-likeness (QED) is 0.0629. The second kappa shape index (κ2) is 84.7. The predicted octanol–water partition coefficient (Wildman–Crippen LogP) is 53.3. The molecule has 0 fully saturated rings. The van der Waals surface area contributed by atoms with Crippen LogP contribution in [-0.4, -0.2) is 0 Å². The minimum Gasteiger partial charge on any atom is -0.0654 e. The van der Waals surface area contributed by atoms with Crippen LogP contribution in [0, 0.1) is 163 Å². The van der Waals surface area contributed by atoms with E-state index in [-0.39, 0.29) is 0 Å².